The Morgan fingerprint density at radius 3 is 3.00 bits per heavy atom. The van der Waals surface area contributed by atoms with Crippen LogP contribution in [0.5, 0.6) is 0 Å². The van der Waals surface area contributed by atoms with Crippen LogP contribution in [0.1, 0.15) is 25.7 Å². The molecule has 58 valence electrons. The first kappa shape index (κ1) is 6.62. The lowest BCUT2D eigenvalue weighted by molar-refractivity contribution is 0.0460. The molecular formula is C8H15NO. The number of fused-ring (bicyclic) bond motifs is 1. The number of hydrogen-bond donors (Lipinski definition) is 1. The molecule has 10 heavy (non-hydrogen) atoms. The van der Waals surface area contributed by atoms with Crippen molar-refractivity contribution < 1.29 is 4.74 Å². The molecule has 1 saturated heterocycles. The van der Waals surface area contributed by atoms with E-state index in [1.54, 1.807) is 0 Å². The summed E-state index contributed by atoms with van der Waals surface area (Å²) in [4.78, 5) is 0. The van der Waals surface area contributed by atoms with Gasteiger partial charge in [0.2, 0.25) is 0 Å². The Labute approximate surface area is 61.7 Å². The minimum atomic E-state index is 0.385. The van der Waals surface area contributed by atoms with Gasteiger partial charge in [0.1, 0.15) is 0 Å². The summed E-state index contributed by atoms with van der Waals surface area (Å²) in [6.45, 7) is 0.715. The van der Waals surface area contributed by atoms with Gasteiger partial charge in [-0.3, -0.25) is 0 Å². The van der Waals surface area contributed by atoms with E-state index in [9.17, 15) is 0 Å². The molecule has 0 amide bonds. The first-order chi connectivity index (χ1) is 4.90. The van der Waals surface area contributed by atoms with E-state index >= 15 is 0 Å². The van der Waals surface area contributed by atoms with Gasteiger partial charge in [-0.05, 0) is 25.2 Å². The van der Waals surface area contributed by atoms with E-state index in [1.807, 2.05) is 0 Å². The molecule has 2 heteroatoms. The second-order valence-electron chi connectivity index (χ2n) is 3.46. The third-order valence-corrected chi connectivity index (χ3v) is 2.79. The molecule has 1 saturated carbocycles. The van der Waals surface area contributed by atoms with Crippen LogP contribution in [0.15, 0.2) is 0 Å². The second-order valence-corrected chi connectivity index (χ2v) is 3.46. The molecule has 0 radical (unpaired) electrons. The number of nitrogens with two attached hydrogens (primary N) is 1. The van der Waals surface area contributed by atoms with E-state index in [0.29, 0.717) is 18.8 Å². The molecular weight excluding hydrogens is 126 g/mol. The molecule has 1 aliphatic heterocycles. The Bertz CT molecular complexity index is 114. The highest BCUT2D eigenvalue weighted by Crippen LogP contribution is 2.38. The van der Waals surface area contributed by atoms with Gasteiger partial charge in [0.05, 0.1) is 12.2 Å². The van der Waals surface area contributed by atoms with E-state index in [4.69, 9.17) is 10.5 Å². The van der Waals surface area contributed by atoms with E-state index in [0.717, 1.165) is 5.92 Å². The second kappa shape index (κ2) is 2.51. The SMILES string of the molecule is NC[C@@H]1C[C@@H]2CCC[C@@H]2O1. The molecule has 0 aromatic rings. The molecule has 0 aromatic heterocycles. The molecule has 1 aliphatic carbocycles. The van der Waals surface area contributed by atoms with Crippen LogP contribution in [0, 0.1) is 5.92 Å². The first-order valence-electron chi connectivity index (χ1n) is 4.25. The van der Waals surface area contributed by atoms with Gasteiger partial charge in [0, 0.05) is 6.54 Å². The number of rotatable bonds is 1. The Kier molecular flexibility index (Phi) is 1.66. The van der Waals surface area contributed by atoms with Gasteiger partial charge in [-0.1, -0.05) is 6.42 Å². The van der Waals surface area contributed by atoms with Gasteiger partial charge in [0.25, 0.3) is 0 Å². The van der Waals surface area contributed by atoms with Crippen molar-refractivity contribution in [3.63, 3.8) is 0 Å². The number of ether oxygens (including phenoxy) is 1. The molecule has 3 atom stereocenters. The summed E-state index contributed by atoms with van der Waals surface area (Å²) in [6, 6.07) is 0. The summed E-state index contributed by atoms with van der Waals surface area (Å²) in [5, 5.41) is 0. The van der Waals surface area contributed by atoms with E-state index < -0.39 is 0 Å². The van der Waals surface area contributed by atoms with Crippen molar-refractivity contribution in [2.45, 2.75) is 37.9 Å². The molecule has 2 rings (SSSR count). The maximum atomic E-state index is 5.71. The van der Waals surface area contributed by atoms with E-state index in [1.165, 1.54) is 25.7 Å². The van der Waals surface area contributed by atoms with Crippen LogP contribution in [0.25, 0.3) is 0 Å². The molecule has 0 bridgehead atoms. The van der Waals surface area contributed by atoms with Crippen molar-refractivity contribution in [3.8, 4) is 0 Å². The van der Waals surface area contributed by atoms with Crippen LogP contribution in [-0.4, -0.2) is 18.8 Å². The van der Waals surface area contributed by atoms with Crippen LogP contribution in [0.2, 0.25) is 0 Å². The van der Waals surface area contributed by atoms with Gasteiger partial charge in [-0.2, -0.15) is 0 Å². The first-order valence-corrected chi connectivity index (χ1v) is 4.25. The third-order valence-electron chi connectivity index (χ3n) is 2.79. The molecule has 0 unspecified atom stereocenters. The third kappa shape index (κ3) is 0.956. The maximum Gasteiger partial charge on any atom is 0.0704 e. The molecule has 1 heterocycles. The highest BCUT2D eigenvalue weighted by molar-refractivity contribution is 4.87. The lowest BCUT2D eigenvalue weighted by Gasteiger charge is -2.08. The highest BCUT2D eigenvalue weighted by Gasteiger charge is 2.37. The minimum Gasteiger partial charge on any atom is -0.373 e. The standard InChI is InChI=1S/C8H15NO/c9-5-7-4-6-2-1-3-8(6)10-7/h6-8H,1-5,9H2/t6-,7-,8-/m0/s1. The Balaban J connectivity index is 1.94. The fraction of sp³-hybridized carbons (Fsp3) is 1.00. The largest absolute Gasteiger partial charge is 0.373 e. The summed E-state index contributed by atoms with van der Waals surface area (Å²) in [5.74, 6) is 0.855. The quantitative estimate of drug-likeness (QED) is 0.589. The Morgan fingerprint density at radius 2 is 2.30 bits per heavy atom. The predicted octanol–water partition coefficient (Wildman–Crippen LogP) is 0.903. The Morgan fingerprint density at radius 1 is 1.40 bits per heavy atom. The topological polar surface area (TPSA) is 35.2 Å². The van der Waals surface area contributed by atoms with Gasteiger partial charge in [-0.25, -0.2) is 0 Å². The molecule has 2 N–H and O–H groups in total. The molecule has 0 spiro atoms. The van der Waals surface area contributed by atoms with Gasteiger partial charge in [-0.15, -0.1) is 0 Å². The summed E-state index contributed by atoms with van der Waals surface area (Å²) in [5.41, 5.74) is 5.51. The van der Waals surface area contributed by atoms with Crippen molar-refractivity contribution in [3.05, 3.63) is 0 Å². The summed E-state index contributed by atoms with van der Waals surface area (Å²) >= 11 is 0. The van der Waals surface area contributed by atoms with Crippen molar-refractivity contribution >= 4 is 0 Å². The maximum absolute atomic E-state index is 5.71. The van der Waals surface area contributed by atoms with Gasteiger partial charge in [0.15, 0.2) is 0 Å². The van der Waals surface area contributed by atoms with E-state index in [2.05, 4.69) is 0 Å². The fourth-order valence-electron chi connectivity index (χ4n) is 2.24. The van der Waals surface area contributed by atoms with Crippen LogP contribution >= 0.6 is 0 Å². The zero-order chi connectivity index (χ0) is 6.97. The van der Waals surface area contributed by atoms with E-state index in [-0.39, 0.29) is 0 Å². The molecule has 0 aromatic carbocycles. The molecule has 2 aliphatic rings. The zero-order valence-corrected chi connectivity index (χ0v) is 6.25. The van der Waals surface area contributed by atoms with Gasteiger partial charge < -0.3 is 10.5 Å². The Hall–Kier alpha value is -0.0800. The molecule has 2 nitrogen and oxygen atoms in total. The summed E-state index contributed by atoms with van der Waals surface area (Å²) < 4.78 is 5.71. The summed E-state index contributed by atoms with van der Waals surface area (Å²) in [6.07, 6.45) is 6.21. The van der Waals surface area contributed by atoms with Crippen LogP contribution in [-0.2, 0) is 4.74 Å². The summed E-state index contributed by atoms with van der Waals surface area (Å²) in [7, 11) is 0. The lowest BCUT2D eigenvalue weighted by atomic mass is 10.0. The van der Waals surface area contributed by atoms with Crippen molar-refractivity contribution in [2.24, 2.45) is 11.7 Å². The fourth-order valence-corrected chi connectivity index (χ4v) is 2.24. The average molecular weight is 141 g/mol. The normalized spacial score (nSPS) is 45.9. The van der Waals surface area contributed by atoms with Crippen molar-refractivity contribution in [1.82, 2.24) is 0 Å². The predicted molar refractivity (Wildman–Crippen MR) is 39.7 cm³/mol. The van der Waals surface area contributed by atoms with Crippen LogP contribution in [0.3, 0.4) is 0 Å². The average Bonchev–Trinajstić information content (AvgIpc) is 2.42. The molecule has 2 fully saturated rings. The van der Waals surface area contributed by atoms with Crippen LogP contribution < -0.4 is 5.73 Å². The highest BCUT2D eigenvalue weighted by atomic mass is 16.5. The van der Waals surface area contributed by atoms with Crippen LogP contribution in [0.4, 0.5) is 0 Å². The van der Waals surface area contributed by atoms with Crippen molar-refractivity contribution in [1.29, 1.82) is 0 Å². The number of hydrogen-bond acceptors (Lipinski definition) is 2. The monoisotopic (exact) mass is 141 g/mol. The lowest BCUT2D eigenvalue weighted by Crippen LogP contribution is -2.20. The smallest absolute Gasteiger partial charge is 0.0704 e. The van der Waals surface area contributed by atoms with Gasteiger partial charge >= 0.3 is 0 Å². The minimum absolute atomic E-state index is 0.385. The zero-order valence-electron chi connectivity index (χ0n) is 6.25. The van der Waals surface area contributed by atoms with Crippen molar-refractivity contribution in [2.75, 3.05) is 6.54 Å².